The smallest absolute Gasteiger partial charge is 0.229 e. The van der Waals surface area contributed by atoms with E-state index in [0.717, 1.165) is 11.8 Å². The molecule has 35 heavy (non-hydrogen) atoms. The summed E-state index contributed by atoms with van der Waals surface area (Å²) < 4.78 is 39.3. The Hall–Kier alpha value is -2.06. The average molecular weight is 521 g/mol. The lowest BCUT2D eigenvalue weighted by Crippen LogP contribution is -2.28. The molecule has 0 heterocycles. The molecule has 0 saturated heterocycles. The standard InChI is InChI=1S/C27H37FN2O3S2/c1-18(19-12-14-24(23(28)15-19)30-35(5,32)33)26(31)29-17-20-11-13-21(27(2,3)4)16-25(20)34-22-9-7-6-8-10-22/h11-16,18,22,30H,6-10,17H2,1-5H3,(H,29,31). The Balaban J connectivity index is 1.72. The predicted molar refractivity (Wildman–Crippen MR) is 143 cm³/mol. The summed E-state index contributed by atoms with van der Waals surface area (Å²) in [6, 6.07) is 10.6. The van der Waals surface area contributed by atoms with Crippen LogP contribution in [0.5, 0.6) is 0 Å². The second-order valence-corrected chi connectivity index (χ2v) is 13.6. The Kier molecular flexibility index (Phi) is 8.91. The first-order chi connectivity index (χ1) is 16.3. The SMILES string of the molecule is CC(C(=O)NCc1ccc(C(C)(C)C)cc1SC1CCCCC1)c1ccc(NS(C)(=O)=O)c(F)c1. The van der Waals surface area contributed by atoms with Gasteiger partial charge >= 0.3 is 0 Å². The number of hydrogen-bond acceptors (Lipinski definition) is 4. The molecule has 1 atom stereocenters. The van der Waals surface area contributed by atoms with Gasteiger partial charge in [-0.05, 0) is 60.1 Å². The van der Waals surface area contributed by atoms with Crippen LogP contribution in [-0.2, 0) is 26.8 Å². The highest BCUT2D eigenvalue weighted by atomic mass is 32.2. The van der Waals surface area contributed by atoms with E-state index in [1.165, 1.54) is 54.7 Å². The monoisotopic (exact) mass is 520 g/mol. The van der Waals surface area contributed by atoms with Crippen LogP contribution in [0.4, 0.5) is 10.1 Å². The fourth-order valence-corrected chi connectivity index (χ4v) is 6.19. The van der Waals surface area contributed by atoms with Crippen LogP contribution in [0.1, 0.15) is 82.4 Å². The van der Waals surface area contributed by atoms with Gasteiger partial charge in [0.15, 0.2) is 0 Å². The summed E-state index contributed by atoms with van der Waals surface area (Å²) in [5, 5.41) is 3.63. The lowest BCUT2D eigenvalue weighted by molar-refractivity contribution is -0.122. The van der Waals surface area contributed by atoms with Crippen LogP contribution in [0.2, 0.25) is 0 Å². The highest BCUT2D eigenvalue weighted by Crippen LogP contribution is 2.37. The summed E-state index contributed by atoms with van der Waals surface area (Å²) >= 11 is 1.93. The number of carbonyl (C=O) groups is 1. The molecule has 192 valence electrons. The van der Waals surface area contributed by atoms with Gasteiger partial charge in [-0.25, -0.2) is 12.8 Å². The number of carbonyl (C=O) groups excluding carboxylic acids is 1. The molecular weight excluding hydrogens is 483 g/mol. The number of halogens is 1. The maximum Gasteiger partial charge on any atom is 0.229 e. The molecule has 1 amide bonds. The molecule has 3 rings (SSSR count). The van der Waals surface area contributed by atoms with E-state index >= 15 is 0 Å². The molecule has 1 aliphatic carbocycles. The van der Waals surface area contributed by atoms with E-state index < -0.39 is 21.8 Å². The quantitative estimate of drug-likeness (QED) is 0.426. The molecule has 8 heteroatoms. The second-order valence-electron chi connectivity index (χ2n) is 10.5. The van der Waals surface area contributed by atoms with Gasteiger partial charge in [0.25, 0.3) is 0 Å². The third kappa shape index (κ3) is 7.97. The molecule has 1 fully saturated rings. The van der Waals surface area contributed by atoms with Crippen molar-refractivity contribution in [2.45, 2.75) is 87.8 Å². The fourth-order valence-electron chi connectivity index (χ4n) is 4.21. The van der Waals surface area contributed by atoms with Gasteiger partial charge in [-0.15, -0.1) is 11.8 Å². The number of rotatable bonds is 8. The van der Waals surface area contributed by atoms with Crippen LogP contribution in [0.25, 0.3) is 0 Å². The third-order valence-electron chi connectivity index (χ3n) is 6.41. The van der Waals surface area contributed by atoms with Crippen molar-refractivity contribution >= 4 is 33.4 Å². The number of nitrogens with one attached hydrogen (secondary N) is 2. The maximum absolute atomic E-state index is 14.4. The Bertz CT molecular complexity index is 1150. The highest BCUT2D eigenvalue weighted by molar-refractivity contribution is 8.00. The summed E-state index contributed by atoms with van der Waals surface area (Å²) in [7, 11) is -3.59. The zero-order valence-electron chi connectivity index (χ0n) is 21.3. The lowest BCUT2D eigenvalue weighted by atomic mass is 9.86. The summed E-state index contributed by atoms with van der Waals surface area (Å²) in [5.41, 5.74) is 2.76. The first-order valence-electron chi connectivity index (χ1n) is 12.2. The van der Waals surface area contributed by atoms with E-state index in [1.807, 2.05) is 11.8 Å². The number of thioether (sulfide) groups is 1. The van der Waals surface area contributed by atoms with E-state index in [9.17, 15) is 17.6 Å². The average Bonchev–Trinajstić information content (AvgIpc) is 2.78. The van der Waals surface area contributed by atoms with E-state index in [0.29, 0.717) is 17.4 Å². The van der Waals surface area contributed by atoms with Gasteiger partial charge in [0, 0.05) is 16.7 Å². The first kappa shape index (κ1) is 27.5. The van der Waals surface area contributed by atoms with Crippen molar-refractivity contribution in [1.29, 1.82) is 0 Å². The molecular formula is C27H37FN2O3S2. The van der Waals surface area contributed by atoms with Crippen molar-refractivity contribution in [3.63, 3.8) is 0 Å². The van der Waals surface area contributed by atoms with Crippen molar-refractivity contribution < 1.29 is 17.6 Å². The van der Waals surface area contributed by atoms with Crippen molar-refractivity contribution in [1.82, 2.24) is 5.32 Å². The number of hydrogen-bond donors (Lipinski definition) is 2. The summed E-state index contributed by atoms with van der Waals surface area (Å²) in [6.45, 7) is 8.73. The Morgan fingerprint density at radius 2 is 1.80 bits per heavy atom. The summed E-state index contributed by atoms with van der Waals surface area (Å²) in [5.74, 6) is -1.50. The molecule has 2 aromatic carbocycles. The molecule has 0 spiro atoms. The molecule has 5 nitrogen and oxygen atoms in total. The second kappa shape index (κ2) is 11.3. The van der Waals surface area contributed by atoms with Gasteiger partial charge in [0.1, 0.15) is 5.82 Å². The van der Waals surface area contributed by atoms with Gasteiger partial charge < -0.3 is 5.32 Å². The minimum absolute atomic E-state index is 0.0420. The Morgan fingerprint density at radius 1 is 1.11 bits per heavy atom. The third-order valence-corrected chi connectivity index (χ3v) is 8.44. The van der Waals surface area contributed by atoms with Crippen LogP contribution in [-0.4, -0.2) is 25.8 Å². The van der Waals surface area contributed by atoms with Crippen LogP contribution in [0.15, 0.2) is 41.3 Å². The van der Waals surface area contributed by atoms with Crippen molar-refractivity contribution in [2.24, 2.45) is 0 Å². The topological polar surface area (TPSA) is 75.3 Å². The van der Waals surface area contributed by atoms with Gasteiger partial charge in [0.05, 0.1) is 17.9 Å². The van der Waals surface area contributed by atoms with Crippen LogP contribution in [0.3, 0.4) is 0 Å². The van der Waals surface area contributed by atoms with Crippen molar-refractivity contribution in [2.75, 3.05) is 11.0 Å². The van der Waals surface area contributed by atoms with Crippen LogP contribution >= 0.6 is 11.8 Å². The molecule has 0 aliphatic heterocycles. The number of anilines is 1. The minimum Gasteiger partial charge on any atom is -0.351 e. The van der Waals surface area contributed by atoms with Gasteiger partial charge in [-0.2, -0.15) is 0 Å². The van der Waals surface area contributed by atoms with Gasteiger partial charge in [0.2, 0.25) is 15.9 Å². The van der Waals surface area contributed by atoms with Crippen LogP contribution in [0, 0.1) is 5.82 Å². The van der Waals surface area contributed by atoms with Crippen molar-refractivity contribution in [3.8, 4) is 0 Å². The van der Waals surface area contributed by atoms with E-state index in [2.05, 4.69) is 49.0 Å². The summed E-state index contributed by atoms with van der Waals surface area (Å²) in [6.07, 6.45) is 7.27. The molecule has 0 aromatic heterocycles. The normalized spacial score (nSPS) is 16.1. The summed E-state index contributed by atoms with van der Waals surface area (Å²) in [4.78, 5) is 14.1. The highest BCUT2D eigenvalue weighted by Gasteiger charge is 2.22. The molecule has 0 bridgehead atoms. The molecule has 2 N–H and O–H groups in total. The first-order valence-corrected chi connectivity index (χ1v) is 15.0. The minimum atomic E-state index is -3.59. The molecule has 1 aliphatic rings. The molecule has 1 unspecified atom stereocenters. The molecule has 1 saturated carbocycles. The lowest BCUT2D eigenvalue weighted by Gasteiger charge is -2.25. The number of benzene rings is 2. The van der Waals surface area contributed by atoms with E-state index in [1.54, 1.807) is 13.0 Å². The van der Waals surface area contributed by atoms with Crippen molar-refractivity contribution in [3.05, 3.63) is 58.9 Å². The Labute approximate surface area is 213 Å². The molecule has 2 aromatic rings. The zero-order chi connectivity index (χ0) is 25.8. The van der Waals surface area contributed by atoms with E-state index in [-0.39, 0.29) is 17.0 Å². The number of sulfonamides is 1. The van der Waals surface area contributed by atoms with E-state index in [4.69, 9.17) is 0 Å². The zero-order valence-corrected chi connectivity index (χ0v) is 22.9. The predicted octanol–water partition coefficient (Wildman–Crippen LogP) is 6.34. The van der Waals surface area contributed by atoms with Gasteiger partial charge in [-0.1, -0.05) is 58.2 Å². The maximum atomic E-state index is 14.4. The number of amides is 1. The van der Waals surface area contributed by atoms with Gasteiger partial charge in [-0.3, -0.25) is 9.52 Å². The van der Waals surface area contributed by atoms with Crippen LogP contribution < -0.4 is 10.0 Å². The largest absolute Gasteiger partial charge is 0.351 e. The Morgan fingerprint density at radius 3 is 2.40 bits per heavy atom. The fraction of sp³-hybridized carbons (Fsp3) is 0.519. The molecule has 0 radical (unpaired) electrons.